The summed E-state index contributed by atoms with van der Waals surface area (Å²) in [5, 5.41) is 2.96. The molecule has 0 saturated carbocycles. The molecule has 20 heavy (non-hydrogen) atoms. The number of carbonyl (C=O) groups excluding carboxylic acids is 1. The number of imidazole rings is 1. The first-order chi connectivity index (χ1) is 9.60. The molecule has 1 saturated heterocycles. The number of rotatable bonds is 5. The van der Waals surface area contributed by atoms with Gasteiger partial charge in [0.25, 0.3) is 5.91 Å². The number of amides is 1. The van der Waals surface area contributed by atoms with Gasteiger partial charge in [-0.05, 0) is 14.1 Å². The molecule has 0 aromatic carbocycles. The van der Waals surface area contributed by atoms with Crippen LogP contribution in [0.15, 0.2) is 12.5 Å². The molecule has 112 valence electrons. The first-order valence-corrected chi connectivity index (χ1v) is 6.99. The maximum Gasteiger partial charge on any atom is 0.271 e. The fourth-order valence-electron chi connectivity index (χ4n) is 2.37. The third-order valence-corrected chi connectivity index (χ3v) is 3.73. The number of hydrogen-bond donors (Lipinski definition) is 2. The molecule has 7 nitrogen and oxygen atoms in total. The van der Waals surface area contributed by atoms with Crippen LogP contribution < -0.4 is 11.1 Å². The molecule has 2 rings (SSSR count). The molecule has 1 fully saturated rings. The molecular formula is C13H24N6O. The first kappa shape index (κ1) is 15.0. The van der Waals surface area contributed by atoms with Crippen molar-refractivity contribution >= 4 is 5.91 Å². The van der Waals surface area contributed by atoms with Crippen LogP contribution >= 0.6 is 0 Å². The number of nitrogens with zero attached hydrogens (tertiary/aromatic N) is 4. The molecule has 1 amide bonds. The maximum atomic E-state index is 12.0. The van der Waals surface area contributed by atoms with Gasteiger partial charge >= 0.3 is 0 Å². The summed E-state index contributed by atoms with van der Waals surface area (Å²) in [5.74, 6) is -0.123. The van der Waals surface area contributed by atoms with Crippen molar-refractivity contribution in [1.82, 2.24) is 24.7 Å². The zero-order valence-corrected chi connectivity index (χ0v) is 12.2. The standard InChI is InChI=1S/C13H24N6O/c1-17-5-6-18(2)11(8-17)7-15-13(20)12-9-19(4-3-14)10-16-12/h9-11H,3-8,14H2,1-2H3,(H,15,20). The maximum absolute atomic E-state index is 12.0. The second-order valence-corrected chi connectivity index (χ2v) is 5.39. The average Bonchev–Trinajstić information content (AvgIpc) is 2.88. The van der Waals surface area contributed by atoms with E-state index in [1.54, 1.807) is 12.5 Å². The third kappa shape index (κ3) is 3.78. The summed E-state index contributed by atoms with van der Waals surface area (Å²) < 4.78 is 1.83. The van der Waals surface area contributed by atoms with Crippen molar-refractivity contribution in [3.05, 3.63) is 18.2 Å². The van der Waals surface area contributed by atoms with Crippen LogP contribution in [0.3, 0.4) is 0 Å². The largest absolute Gasteiger partial charge is 0.349 e. The number of piperazine rings is 1. The van der Waals surface area contributed by atoms with E-state index in [1.807, 2.05) is 4.57 Å². The molecule has 2 heterocycles. The Morgan fingerprint density at radius 1 is 1.50 bits per heavy atom. The second-order valence-electron chi connectivity index (χ2n) is 5.39. The van der Waals surface area contributed by atoms with Gasteiger partial charge in [0.2, 0.25) is 0 Å². The van der Waals surface area contributed by atoms with Gasteiger partial charge in [-0.15, -0.1) is 0 Å². The normalized spacial score (nSPS) is 21.1. The van der Waals surface area contributed by atoms with Crippen molar-refractivity contribution in [2.45, 2.75) is 12.6 Å². The van der Waals surface area contributed by atoms with Crippen LogP contribution in [0.4, 0.5) is 0 Å². The number of likely N-dealkylation sites (N-methyl/N-ethyl adjacent to an activating group) is 2. The van der Waals surface area contributed by atoms with Crippen LogP contribution in [-0.2, 0) is 6.54 Å². The Kier molecular flexibility index (Phi) is 5.11. The van der Waals surface area contributed by atoms with Gasteiger partial charge in [0.1, 0.15) is 5.69 Å². The molecule has 1 aliphatic heterocycles. The van der Waals surface area contributed by atoms with Gasteiger partial charge in [-0.1, -0.05) is 0 Å². The van der Waals surface area contributed by atoms with E-state index in [2.05, 4.69) is 34.2 Å². The molecule has 1 unspecified atom stereocenters. The molecular weight excluding hydrogens is 256 g/mol. The van der Waals surface area contributed by atoms with Crippen molar-refractivity contribution in [1.29, 1.82) is 0 Å². The molecule has 1 atom stereocenters. The summed E-state index contributed by atoms with van der Waals surface area (Å²) in [4.78, 5) is 20.7. The van der Waals surface area contributed by atoms with Crippen LogP contribution in [0.2, 0.25) is 0 Å². The SMILES string of the molecule is CN1CCN(C)C(CNC(=O)c2cn(CCN)cn2)C1. The molecule has 7 heteroatoms. The van der Waals surface area contributed by atoms with Gasteiger partial charge in [-0.3, -0.25) is 9.69 Å². The van der Waals surface area contributed by atoms with Crippen LogP contribution in [0, 0.1) is 0 Å². The second kappa shape index (κ2) is 6.83. The Morgan fingerprint density at radius 3 is 3.05 bits per heavy atom. The first-order valence-electron chi connectivity index (χ1n) is 6.99. The lowest BCUT2D eigenvalue weighted by Gasteiger charge is -2.37. The van der Waals surface area contributed by atoms with Gasteiger partial charge in [-0.25, -0.2) is 4.98 Å². The molecule has 0 spiro atoms. The Balaban J connectivity index is 1.84. The van der Waals surface area contributed by atoms with Gasteiger partial charge in [-0.2, -0.15) is 0 Å². The Bertz CT molecular complexity index is 446. The lowest BCUT2D eigenvalue weighted by atomic mass is 10.2. The number of hydrogen-bond acceptors (Lipinski definition) is 5. The Morgan fingerprint density at radius 2 is 2.30 bits per heavy atom. The molecule has 1 aromatic rings. The van der Waals surface area contributed by atoms with Crippen molar-refractivity contribution in [2.75, 3.05) is 46.8 Å². The minimum Gasteiger partial charge on any atom is -0.349 e. The van der Waals surface area contributed by atoms with E-state index in [-0.39, 0.29) is 5.91 Å². The highest BCUT2D eigenvalue weighted by Gasteiger charge is 2.22. The Hall–Kier alpha value is -1.44. The minimum atomic E-state index is -0.123. The molecule has 0 aliphatic carbocycles. The van der Waals surface area contributed by atoms with E-state index >= 15 is 0 Å². The fourth-order valence-corrected chi connectivity index (χ4v) is 2.37. The number of nitrogens with two attached hydrogens (primary N) is 1. The van der Waals surface area contributed by atoms with Gasteiger partial charge in [0.15, 0.2) is 0 Å². The van der Waals surface area contributed by atoms with Gasteiger partial charge < -0.3 is 20.5 Å². The zero-order valence-electron chi connectivity index (χ0n) is 12.2. The fraction of sp³-hybridized carbons (Fsp3) is 0.692. The van der Waals surface area contributed by atoms with Crippen LogP contribution in [0.1, 0.15) is 10.5 Å². The van der Waals surface area contributed by atoms with Crippen molar-refractivity contribution < 1.29 is 4.79 Å². The minimum absolute atomic E-state index is 0.123. The summed E-state index contributed by atoms with van der Waals surface area (Å²) >= 11 is 0. The van der Waals surface area contributed by atoms with Crippen LogP contribution in [-0.4, -0.2) is 78.1 Å². The predicted octanol–water partition coefficient (Wildman–Crippen LogP) is -1.18. The average molecular weight is 280 g/mol. The van der Waals surface area contributed by atoms with Gasteiger partial charge in [0, 0.05) is 51.5 Å². The number of nitrogens with one attached hydrogen (secondary N) is 1. The van der Waals surface area contributed by atoms with Crippen molar-refractivity contribution in [2.24, 2.45) is 5.73 Å². The molecule has 0 radical (unpaired) electrons. The van der Waals surface area contributed by atoms with Crippen molar-refractivity contribution in [3.8, 4) is 0 Å². The van der Waals surface area contributed by atoms with E-state index in [0.717, 1.165) is 19.6 Å². The number of aromatic nitrogens is 2. The van der Waals surface area contributed by atoms with E-state index in [0.29, 0.717) is 31.4 Å². The molecule has 3 N–H and O–H groups in total. The Labute approximate surface area is 119 Å². The van der Waals surface area contributed by atoms with E-state index in [1.165, 1.54) is 0 Å². The highest BCUT2D eigenvalue weighted by molar-refractivity contribution is 5.92. The molecule has 0 bridgehead atoms. The molecule has 1 aliphatic rings. The topological polar surface area (TPSA) is 79.4 Å². The van der Waals surface area contributed by atoms with Gasteiger partial charge in [0.05, 0.1) is 6.33 Å². The monoisotopic (exact) mass is 280 g/mol. The van der Waals surface area contributed by atoms with E-state index in [9.17, 15) is 4.79 Å². The lowest BCUT2D eigenvalue weighted by Crippen LogP contribution is -2.54. The quantitative estimate of drug-likeness (QED) is 0.709. The predicted molar refractivity (Wildman–Crippen MR) is 77.5 cm³/mol. The van der Waals surface area contributed by atoms with Crippen molar-refractivity contribution in [3.63, 3.8) is 0 Å². The summed E-state index contributed by atoms with van der Waals surface area (Å²) in [6.45, 7) is 4.93. The summed E-state index contributed by atoms with van der Waals surface area (Å²) in [5.41, 5.74) is 5.92. The number of carbonyl (C=O) groups is 1. The van der Waals surface area contributed by atoms with Crippen LogP contribution in [0.5, 0.6) is 0 Å². The van der Waals surface area contributed by atoms with E-state index in [4.69, 9.17) is 5.73 Å². The lowest BCUT2D eigenvalue weighted by molar-refractivity contribution is 0.0877. The summed E-state index contributed by atoms with van der Waals surface area (Å²) in [6.07, 6.45) is 3.38. The summed E-state index contributed by atoms with van der Waals surface area (Å²) in [6, 6.07) is 0.351. The summed E-state index contributed by atoms with van der Waals surface area (Å²) in [7, 11) is 4.20. The highest BCUT2D eigenvalue weighted by atomic mass is 16.1. The zero-order chi connectivity index (χ0) is 14.5. The molecule has 1 aromatic heterocycles. The highest BCUT2D eigenvalue weighted by Crippen LogP contribution is 2.05. The third-order valence-electron chi connectivity index (χ3n) is 3.73. The smallest absolute Gasteiger partial charge is 0.271 e. The van der Waals surface area contributed by atoms with E-state index < -0.39 is 0 Å². The van der Waals surface area contributed by atoms with Crippen LogP contribution in [0.25, 0.3) is 0 Å².